The lowest BCUT2D eigenvalue weighted by molar-refractivity contribution is 0.0418. The van der Waals surface area contributed by atoms with Gasteiger partial charge in [-0.05, 0) is 32.1 Å². The van der Waals surface area contributed by atoms with Crippen LogP contribution in [0.5, 0.6) is 0 Å². The van der Waals surface area contributed by atoms with Gasteiger partial charge in [-0.2, -0.15) is 0 Å². The van der Waals surface area contributed by atoms with E-state index in [1.54, 1.807) is 0 Å². The van der Waals surface area contributed by atoms with E-state index in [0.717, 1.165) is 12.3 Å². The Morgan fingerprint density at radius 2 is 1.75 bits per heavy atom. The highest BCUT2D eigenvalue weighted by molar-refractivity contribution is 14.0. The van der Waals surface area contributed by atoms with Crippen LogP contribution in [0.2, 0.25) is 0 Å². The molecule has 4 N–H and O–H groups in total. The number of nitrogens with two attached hydrogens (primary N) is 1. The van der Waals surface area contributed by atoms with Gasteiger partial charge in [0.2, 0.25) is 0 Å². The Hall–Kier alpha value is -0.0400. The predicted molar refractivity (Wildman–Crippen MR) is 98.7 cm³/mol. The van der Waals surface area contributed by atoms with Crippen molar-refractivity contribution in [2.24, 2.45) is 16.6 Å². The number of hydrogen-bond donors (Lipinski definition) is 3. The second-order valence-corrected chi connectivity index (χ2v) is 6.00. The van der Waals surface area contributed by atoms with Crippen LogP contribution in [0.1, 0.15) is 66.7 Å². The van der Waals surface area contributed by atoms with Crippen LogP contribution in [0.3, 0.4) is 0 Å². The van der Waals surface area contributed by atoms with Gasteiger partial charge in [0.25, 0.3) is 0 Å². The molecule has 0 saturated heterocycles. The van der Waals surface area contributed by atoms with Gasteiger partial charge in [-0.3, -0.25) is 4.99 Å². The molecule has 0 aliphatic heterocycles. The molecule has 4 nitrogen and oxygen atoms in total. The average molecular weight is 399 g/mol. The van der Waals surface area contributed by atoms with Gasteiger partial charge in [-0.25, -0.2) is 0 Å². The van der Waals surface area contributed by atoms with Crippen molar-refractivity contribution in [1.29, 1.82) is 0 Å². The van der Waals surface area contributed by atoms with Crippen LogP contribution in [-0.4, -0.2) is 29.3 Å². The van der Waals surface area contributed by atoms with Gasteiger partial charge in [-0.1, -0.05) is 40.5 Å². The lowest BCUT2D eigenvalue weighted by atomic mass is 9.98. The zero-order valence-electron chi connectivity index (χ0n) is 13.8. The van der Waals surface area contributed by atoms with Crippen LogP contribution in [0.15, 0.2) is 4.99 Å². The van der Waals surface area contributed by atoms with Crippen molar-refractivity contribution < 1.29 is 5.11 Å². The van der Waals surface area contributed by atoms with Crippen molar-refractivity contribution in [1.82, 2.24) is 5.32 Å². The van der Waals surface area contributed by atoms with Crippen molar-refractivity contribution in [2.75, 3.05) is 6.54 Å². The first kappa shape index (κ1) is 22.2. The molecule has 0 rings (SSSR count). The van der Waals surface area contributed by atoms with E-state index < -0.39 is 5.60 Å². The van der Waals surface area contributed by atoms with Crippen molar-refractivity contribution in [3.63, 3.8) is 0 Å². The zero-order valence-corrected chi connectivity index (χ0v) is 16.1. The number of nitrogens with one attached hydrogen (secondary N) is 1. The number of aliphatic hydroxyl groups is 1. The van der Waals surface area contributed by atoms with Gasteiger partial charge < -0.3 is 16.2 Å². The molecule has 0 aromatic rings. The standard InChI is InChI=1S/C15H33N3O.HI/c1-6-15(19,7-2)11-17-14(16)18-13(5)10-8-9-12(3)4;/h12-13,19H,6-11H2,1-5H3,(H3,16,17,18);1H. The summed E-state index contributed by atoms with van der Waals surface area (Å²) in [6, 6.07) is 0.332. The minimum atomic E-state index is -0.715. The fourth-order valence-corrected chi connectivity index (χ4v) is 1.91. The SMILES string of the molecule is CCC(O)(CC)CN=C(N)NC(C)CCCC(C)C.I. The first-order valence-corrected chi connectivity index (χ1v) is 7.61. The Morgan fingerprint density at radius 1 is 1.20 bits per heavy atom. The summed E-state index contributed by atoms with van der Waals surface area (Å²) in [4.78, 5) is 4.25. The summed E-state index contributed by atoms with van der Waals surface area (Å²) in [5.74, 6) is 1.19. The summed E-state index contributed by atoms with van der Waals surface area (Å²) >= 11 is 0. The zero-order chi connectivity index (χ0) is 14.9. The van der Waals surface area contributed by atoms with Gasteiger partial charge >= 0.3 is 0 Å². The molecule has 0 amide bonds. The van der Waals surface area contributed by atoms with E-state index in [1.165, 1.54) is 12.8 Å². The quantitative estimate of drug-likeness (QED) is 0.317. The number of nitrogens with zero attached hydrogens (tertiary/aromatic N) is 1. The van der Waals surface area contributed by atoms with Crippen molar-refractivity contribution in [2.45, 2.75) is 78.4 Å². The summed E-state index contributed by atoms with van der Waals surface area (Å²) in [6.45, 7) is 10.9. The molecule has 0 aliphatic carbocycles. The molecule has 5 heteroatoms. The third-order valence-electron chi connectivity index (χ3n) is 3.67. The molecule has 0 aromatic carbocycles. The molecule has 0 radical (unpaired) electrons. The van der Waals surface area contributed by atoms with E-state index in [1.807, 2.05) is 13.8 Å². The maximum absolute atomic E-state index is 10.1. The normalized spacial score (nSPS) is 14.1. The molecule has 0 saturated carbocycles. The monoisotopic (exact) mass is 399 g/mol. The van der Waals surface area contributed by atoms with Crippen molar-refractivity contribution in [3.05, 3.63) is 0 Å². The second kappa shape index (κ2) is 11.6. The first-order valence-electron chi connectivity index (χ1n) is 7.61. The maximum Gasteiger partial charge on any atom is 0.188 e. The summed E-state index contributed by atoms with van der Waals surface area (Å²) in [5.41, 5.74) is 5.14. The summed E-state index contributed by atoms with van der Waals surface area (Å²) in [6.07, 6.45) is 4.94. The second-order valence-electron chi connectivity index (χ2n) is 6.00. The minimum absolute atomic E-state index is 0. The molecule has 0 spiro atoms. The number of guanidine groups is 1. The molecular formula is C15H34IN3O. The Bertz CT molecular complexity index is 266. The van der Waals surface area contributed by atoms with Crippen LogP contribution >= 0.6 is 24.0 Å². The lowest BCUT2D eigenvalue weighted by Gasteiger charge is -2.23. The minimum Gasteiger partial charge on any atom is -0.388 e. The Balaban J connectivity index is 0. The molecular weight excluding hydrogens is 365 g/mol. The maximum atomic E-state index is 10.1. The van der Waals surface area contributed by atoms with Crippen LogP contribution in [0, 0.1) is 5.92 Å². The molecule has 0 heterocycles. The van der Waals surface area contributed by atoms with E-state index in [2.05, 4.69) is 31.1 Å². The van der Waals surface area contributed by atoms with E-state index in [-0.39, 0.29) is 24.0 Å². The van der Waals surface area contributed by atoms with Crippen molar-refractivity contribution >= 4 is 29.9 Å². The average Bonchev–Trinajstić information content (AvgIpc) is 2.35. The van der Waals surface area contributed by atoms with Gasteiger partial charge in [0.05, 0.1) is 12.1 Å². The third-order valence-corrected chi connectivity index (χ3v) is 3.67. The highest BCUT2D eigenvalue weighted by atomic mass is 127. The Kier molecular flexibility index (Phi) is 12.9. The highest BCUT2D eigenvalue weighted by Crippen LogP contribution is 2.14. The topological polar surface area (TPSA) is 70.6 Å². The molecule has 0 bridgehead atoms. The summed E-state index contributed by atoms with van der Waals surface area (Å²) < 4.78 is 0. The first-order chi connectivity index (χ1) is 8.83. The summed E-state index contributed by atoms with van der Waals surface area (Å²) in [5, 5.41) is 13.3. The predicted octanol–water partition coefficient (Wildman–Crippen LogP) is 3.27. The highest BCUT2D eigenvalue weighted by Gasteiger charge is 2.21. The summed E-state index contributed by atoms with van der Waals surface area (Å²) in [7, 11) is 0. The smallest absolute Gasteiger partial charge is 0.188 e. The molecule has 122 valence electrons. The van der Waals surface area contributed by atoms with E-state index >= 15 is 0 Å². The van der Waals surface area contributed by atoms with E-state index in [9.17, 15) is 5.11 Å². The Labute approximate surface area is 142 Å². The van der Waals surface area contributed by atoms with E-state index in [4.69, 9.17) is 5.73 Å². The van der Waals surface area contributed by atoms with E-state index in [0.29, 0.717) is 31.4 Å². The number of halogens is 1. The molecule has 0 aliphatic rings. The van der Waals surface area contributed by atoms with Crippen molar-refractivity contribution in [3.8, 4) is 0 Å². The number of aliphatic imine (C=N–C) groups is 1. The molecule has 20 heavy (non-hydrogen) atoms. The van der Waals surface area contributed by atoms with Gasteiger partial charge in [-0.15, -0.1) is 24.0 Å². The largest absolute Gasteiger partial charge is 0.388 e. The molecule has 0 fully saturated rings. The molecule has 1 unspecified atom stereocenters. The fraction of sp³-hybridized carbons (Fsp3) is 0.933. The molecule has 0 aromatic heterocycles. The lowest BCUT2D eigenvalue weighted by Crippen LogP contribution is -2.40. The third kappa shape index (κ3) is 10.7. The van der Waals surface area contributed by atoms with Gasteiger partial charge in [0, 0.05) is 6.04 Å². The van der Waals surface area contributed by atoms with Crippen LogP contribution in [-0.2, 0) is 0 Å². The van der Waals surface area contributed by atoms with Crippen LogP contribution in [0.25, 0.3) is 0 Å². The fourth-order valence-electron chi connectivity index (χ4n) is 1.91. The number of rotatable bonds is 9. The van der Waals surface area contributed by atoms with Crippen LogP contribution in [0.4, 0.5) is 0 Å². The Morgan fingerprint density at radius 3 is 2.20 bits per heavy atom. The van der Waals surface area contributed by atoms with Gasteiger partial charge in [0.15, 0.2) is 5.96 Å². The van der Waals surface area contributed by atoms with Gasteiger partial charge in [0.1, 0.15) is 0 Å². The molecule has 1 atom stereocenters. The van der Waals surface area contributed by atoms with Crippen LogP contribution < -0.4 is 11.1 Å². The number of hydrogen-bond acceptors (Lipinski definition) is 2.